The SMILES string of the molecule is NCCc1cncn1CCCCn1ccnc1. The van der Waals surface area contributed by atoms with Crippen LogP contribution in [0.4, 0.5) is 0 Å². The van der Waals surface area contributed by atoms with Crippen LogP contribution in [0.3, 0.4) is 0 Å². The summed E-state index contributed by atoms with van der Waals surface area (Å²) in [5.41, 5.74) is 6.79. The molecule has 5 heteroatoms. The number of imidazole rings is 2. The molecule has 0 fully saturated rings. The van der Waals surface area contributed by atoms with Crippen LogP contribution in [0.2, 0.25) is 0 Å². The maximum absolute atomic E-state index is 5.56. The molecule has 0 amide bonds. The average Bonchev–Trinajstić information content (AvgIpc) is 2.96. The van der Waals surface area contributed by atoms with Gasteiger partial charge in [-0.3, -0.25) is 0 Å². The number of aryl methyl sites for hydroxylation is 2. The summed E-state index contributed by atoms with van der Waals surface area (Å²) in [6.07, 6.45) is 12.7. The average molecular weight is 233 g/mol. The summed E-state index contributed by atoms with van der Waals surface area (Å²) in [6, 6.07) is 0. The fraction of sp³-hybridized carbons (Fsp3) is 0.500. The van der Waals surface area contributed by atoms with Gasteiger partial charge in [0, 0.05) is 43.8 Å². The van der Waals surface area contributed by atoms with Crippen molar-refractivity contribution in [1.29, 1.82) is 0 Å². The van der Waals surface area contributed by atoms with Crippen molar-refractivity contribution in [1.82, 2.24) is 19.1 Å². The van der Waals surface area contributed by atoms with Gasteiger partial charge in [0.05, 0.1) is 12.7 Å². The number of nitrogens with two attached hydrogens (primary N) is 1. The smallest absolute Gasteiger partial charge is 0.0948 e. The van der Waals surface area contributed by atoms with Crippen molar-refractivity contribution in [3.8, 4) is 0 Å². The number of unbranched alkanes of at least 4 members (excludes halogenated alkanes) is 1. The Morgan fingerprint density at radius 1 is 1.12 bits per heavy atom. The Morgan fingerprint density at radius 2 is 2.00 bits per heavy atom. The minimum absolute atomic E-state index is 0.681. The van der Waals surface area contributed by atoms with Crippen LogP contribution in [0.5, 0.6) is 0 Å². The number of aromatic nitrogens is 4. The lowest BCUT2D eigenvalue weighted by molar-refractivity contribution is 0.542. The lowest BCUT2D eigenvalue weighted by Crippen LogP contribution is -2.09. The minimum Gasteiger partial charge on any atom is -0.337 e. The molecule has 0 saturated heterocycles. The molecule has 17 heavy (non-hydrogen) atoms. The van der Waals surface area contributed by atoms with Crippen molar-refractivity contribution in [3.63, 3.8) is 0 Å². The van der Waals surface area contributed by atoms with Crippen molar-refractivity contribution < 1.29 is 0 Å². The summed E-state index contributed by atoms with van der Waals surface area (Å²) >= 11 is 0. The summed E-state index contributed by atoms with van der Waals surface area (Å²) < 4.78 is 4.30. The van der Waals surface area contributed by atoms with E-state index in [-0.39, 0.29) is 0 Å². The Balaban J connectivity index is 1.72. The quantitative estimate of drug-likeness (QED) is 0.727. The molecular weight excluding hydrogens is 214 g/mol. The first-order valence-corrected chi connectivity index (χ1v) is 6.05. The summed E-state index contributed by atoms with van der Waals surface area (Å²) in [5.74, 6) is 0. The number of rotatable bonds is 7. The molecule has 2 N–H and O–H groups in total. The van der Waals surface area contributed by atoms with Crippen LogP contribution in [-0.2, 0) is 19.5 Å². The molecule has 2 rings (SSSR count). The fourth-order valence-electron chi connectivity index (χ4n) is 1.90. The van der Waals surface area contributed by atoms with Gasteiger partial charge in [0.25, 0.3) is 0 Å². The first-order chi connectivity index (χ1) is 8.40. The van der Waals surface area contributed by atoms with E-state index in [1.165, 1.54) is 5.69 Å². The van der Waals surface area contributed by atoms with Gasteiger partial charge in [-0.15, -0.1) is 0 Å². The van der Waals surface area contributed by atoms with Crippen LogP contribution in [0, 0.1) is 0 Å². The molecule has 0 saturated carbocycles. The van der Waals surface area contributed by atoms with E-state index >= 15 is 0 Å². The van der Waals surface area contributed by atoms with Crippen molar-refractivity contribution in [2.24, 2.45) is 5.73 Å². The van der Waals surface area contributed by atoms with Crippen LogP contribution >= 0.6 is 0 Å². The molecule has 0 aliphatic heterocycles. The van der Waals surface area contributed by atoms with E-state index < -0.39 is 0 Å². The highest BCUT2D eigenvalue weighted by Gasteiger charge is 2.00. The van der Waals surface area contributed by atoms with Gasteiger partial charge in [0.2, 0.25) is 0 Å². The highest BCUT2D eigenvalue weighted by Crippen LogP contribution is 2.04. The Morgan fingerprint density at radius 3 is 2.76 bits per heavy atom. The Labute approximate surface area is 101 Å². The maximum Gasteiger partial charge on any atom is 0.0948 e. The van der Waals surface area contributed by atoms with Gasteiger partial charge in [0.15, 0.2) is 0 Å². The van der Waals surface area contributed by atoms with Gasteiger partial charge in [-0.25, -0.2) is 9.97 Å². The molecule has 2 heterocycles. The number of hydrogen-bond acceptors (Lipinski definition) is 3. The van der Waals surface area contributed by atoms with Crippen LogP contribution in [0.15, 0.2) is 31.2 Å². The fourth-order valence-corrected chi connectivity index (χ4v) is 1.90. The molecule has 0 aliphatic carbocycles. The highest BCUT2D eigenvalue weighted by molar-refractivity contribution is 4.98. The van der Waals surface area contributed by atoms with Crippen LogP contribution in [-0.4, -0.2) is 25.6 Å². The van der Waals surface area contributed by atoms with Crippen molar-refractivity contribution in [2.45, 2.75) is 32.4 Å². The standard InChI is InChI=1S/C12H19N5/c13-4-3-12-9-15-11-17(12)7-2-1-6-16-8-5-14-10-16/h5,8-11H,1-4,6-7,13H2. The second-order valence-corrected chi connectivity index (χ2v) is 4.12. The third kappa shape index (κ3) is 3.42. The molecule has 0 aromatic carbocycles. The Kier molecular flexibility index (Phi) is 4.32. The zero-order valence-corrected chi connectivity index (χ0v) is 10.00. The lowest BCUT2D eigenvalue weighted by Gasteiger charge is -2.07. The molecule has 92 valence electrons. The van der Waals surface area contributed by atoms with E-state index in [2.05, 4.69) is 19.1 Å². The monoisotopic (exact) mass is 233 g/mol. The summed E-state index contributed by atoms with van der Waals surface area (Å²) in [4.78, 5) is 8.18. The van der Waals surface area contributed by atoms with Gasteiger partial charge >= 0.3 is 0 Å². The highest BCUT2D eigenvalue weighted by atomic mass is 15.0. The molecule has 2 aromatic rings. The second-order valence-electron chi connectivity index (χ2n) is 4.12. The third-order valence-corrected chi connectivity index (χ3v) is 2.82. The van der Waals surface area contributed by atoms with Gasteiger partial charge < -0.3 is 14.9 Å². The largest absolute Gasteiger partial charge is 0.337 e. The molecule has 0 radical (unpaired) electrons. The lowest BCUT2D eigenvalue weighted by atomic mass is 10.3. The molecule has 0 aliphatic rings. The molecule has 0 unspecified atom stereocenters. The second kappa shape index (κ2) is 6.20. The number of nitrogens with zero attached hydrogens (tertiary/aromatic N) is 4. The van der Waals surface area contributed by atoms with Gasteiger partial charge in [-0.05, 0) is 19.4 Å². The van der Waals surface area contributed by atoms with Crippen molar-refractivity contribution in [3.05, 3.63) is 36.9 Å². The molecule has 2 aromatic heterocycles. The van der Waals surface area contributed by atoms with E-state index in [0.29, 0.717) is 6.54 Å². The zero-order valence-electron chi connectivity index (χ0n) is 10.00. The predicted octanol–water partition coefficient (Wildman–Crippen LogP) is 1.06. The summed E-state index contributed by atoms with van der Waals surface area (Å²) in [6.45, 7) is 2.73. The molecular formula is C12H19N5. The third-order valence-electron chi connectivity index (χ3n) is 2.82. The summed E-state index contributed by atoms with van der Waals surface area (Å²) in [7, 11) is 0. The van der Waals surface area contributed by atoms with E-state index in [4.69, 9.17) is 5.73 Å². The van der Waals surface area contributed by atoms with Gasteiger partial charge in [-0.1, -0.05) is 0 Å². The van der Waals surface area contributed by atoms with Crippen molar-refractivity contribution in [2.75, 3.05) is 6.54 Å². The minimum atomic E-state index is 0.681. The molecule has 0 atom stereocenters. The summed E-state index contributed by atoms with van der Waals surface area (Å²) in [5, 5.41) is 0. The Hall–Kier alpha value is -1.62. The van der Waals surface area contributed by atoms with E-state index in [1.54, 1.807) is 0 Å². The molecule has 5 nitrogen and oxygen atoms in total. The maximum atomic E-state index is 5.56. The predicted molar refractivity (Wildman–Crippen MR) is 66.4 cm³/mol. The first kappa shape index (κ1) is 11.9. The van der Waals surface area contributed by atoms with E-state index in [0.717, 1.165) is 32.4 Å². The van der Waals surface area contributed by atoms with Crippen molar-refractivity contribution >= 4 is 0 Å². The Bertz CT molecular complexity index is 418. The van der Waals surface area contributed by atoms with Crippen LogP contribution in [0.25, 0.3) is 0 Å². The number of hydrogen-bond donors (Lipinski definition) is 1. The topological polar surface area (TPSA) is 61.7 Å². The normalized spacial score (nSPS) is 10.9. The van der Waals surface area contributed by atoms with Crippen LogP contribution < -0.4 is 5.73 Å². The van der Waals surface area contributed by atoms with Crippen LogP contribution in [0.1, 0.15) is 18.5 Å². The zero-order chi connectivity index (χ0) is 11.9. The molecule has 0 bridgehead atoms. The van der Waals surface area contributed by atoms with Gasteiger partial charge in [-0.2, -0.15) is 0 Å². The van der Waals surface area contributed by atoms with Gasteiger partial charge in [0.1, 0.15) is 0 Å². The van der Waals surface area contributed by atoms with E-state index in [1.807, 2.05) is 31.2 Å². The van der Waals surface area contributed by atoms with E-state index in [9.17, 15) is 0 Å². The molecule has 0 spiro atoms. The first-order valence-electron chi connectivity index (χ1n) is 6.05.